The molecule has 6 heteroatoms. The van der Waals surface area contributed by atoms with Gasteiger partial charge < -0.3 is 8.74 Å². The van der Waals surface area contributed by atoms with Crippen molar-refractivity contribution in [2.45, 2.75) is 0 Å². The van der Waals surface area contributed by atoms with E-state index in [0.29, 0.717) is 0 Å². The monoisotopic (exact) mass is 454 g/mol. The fourth-order valence-corrected chi connectivity index (χ4v) is 4.29. The van der Waals surface area contributed by atoms with E-state index in [1.807, 2.05) is 0 Å². The first-order valence-electron chi connectivity index (χ1n) is 6.98. The largest absolute Gasteiger partial charge is 0.716 e. The first kappa shape index (κ1) is 18.4. The van der Waals surface area contributed by atoms with E-state index in [9.17, 15) is 13.0 Å². The Labute approximate surface area is 152 Å². The van der Waals surface area contributed by atoms with Crippen molar-refractivity contribution in [1.29, 1.82) is 0 Å². The predicted molar refractivity (Wildman–Crippen MR) is 87.0 cm³/mol. The maximum Gasteiger partial charge on any atom is 0.357 e. The summed E-state index contributed by atoms with van der Waals surface area (Å²) in [6.45, 7) is 0. The van der Waals surface area contributed by atoms with Crippen LogP contribution in [-0.4, -0.2) is 13.0 Å². The lowest BCUT2D eigenvalue weighted by Crippen LogP contribution is -3.61. The number of hydrogen-bond donors (Lipinski definition) is 0. The van der Waals surface area contributed by atoms with Gasteiger partial charge in [0.05, 0.1) is 0 Å². The number of rotatable bonds is 4. The quantitative estimate of drug-likeness (QED) is 0.324. The van der Waals surface area contributed by atoms with E-state index in [0.717, 1.165) is 0 Å². The van der Waals surface area contributed by atoms with E-state index in [2.05, 4.69) is 64.8 Å². The molecule has 4 nitrogen and oxygen atoms in total. The summed E-state index contributed by atoms with van der Waals surface area (Å²) in [5.41, 5.74) is 0. The molecule has 3 aromatic carbocycles. The van der Waals surface area contributed by atoms with Gasteiger partial charge in [0.15, 0.2) is 7.14 Å². The molecule has 0 saturated heterocycles. The molecule has 124 valence electrons. The lowest BCUT2D eigenvalue weighted by Gasteiger charge is -2.07. The van der Waals surface area contributed by atoms with Gasteiger partial charge in [0.1, 0.15) is 5.75 Å². The van der Waals surface area contributed by atoms with Gasteiger partial charge in [0, 0.05) is 0 Å². The summed E-state index contributed by atoms with van der Waals surface area (Å²) >= 11 is 0.0287. The summed E-state index contributed by atoms with van der Waals surface area (Å²) in [6, 6.07) is 29.0. The molecular formula is C18H15IO4S. The van der Waals surface area contributed by atoms with Gasteiger partial charge in [-0.3, -0.25) is 0 Å². The van der Waals surface area contributed by atoms with Gasteiger partial charge in [-0.15, -0.1) is 0 Å². The normalized spacial score (nSPS) is 10.4. The Morgan fingerprint density at radius 1 is 0.667 bits per heavy atom. The Morgan fingerprint density at radius 2 is 1.04 bits per heavy atom. The number of benzene rings is 3. The van der Waals surface area contributed by atoms with Crippen LogP contribution in [0.25, 0.3) is 0 Å². The van der Waals surface area contributed by atoms with Crippen molar-refractivity contribution in [1.82, 2.24) is 0 Å². The molecule has 0 heterocycles. The van der Waals surface area contributed by atoms with E-state index in [4.69, 9.17) is 0 Å². The highest BCUT2D eigenvalue weighted by Crippen LogP contribution is 2.09. The SMILES string of the molecule is O=S(=O)([O-])Oc1ccccc1.c1ccc([I+]c2ccccc2)cc1. The number of hydrogen-bond acceptors (Lipinski definition) is 4. The highest BCUT2D eigenvalue weighted by molar-refractivity contribution is 7.81. The van der Waals surface area contributed by atoms with E-state index in [-0.39, 0.29) is 27.0 Å². The highest BCUT2D eigenvalue weighted by Gasteiger charge is 2.12. The molecule has 0 spiro atoms. The van der Waals surface area contributed by atoms with E-state index in [1.54, 1.807) is 18.2 Å². The zero-order valence-electron chi connectivity index (χ0n) is 12.6. The Morgan fingerprint density at radius 3 is 1.42 bits per heavy atom. The molecule has 0 fully saturated rings. The average molecular weight is 454 g/mol. The van der Waals surface area contributed by atoms with Crippen molar-refractivity contribution >= 4 is 10.4 Å². The molecule has 0 bridgehead atoms. The van der Waals surface area contributed by atoms with Crippen molar-refractivity contribution in [3.8, 4) is 5.75 Å². The van der Waals surface area contributed by atoms with Crippen LogP contribution >= 0.6 is 0 Å². The molecule has 0 aliphatic heterocycles. The molecule has 0 amide bonds. The van der Waals surface area contributed by atoms with Crippen molar-refractivity contribution < 1.29 is 38.4 Å². The molecule has 3 aromatic rings. The summed E-state index contributed by atoms with van der Waals surface area (Å²) in [5, 5.41) is 0. The van der Waals surface area contributed by atoms with Gasteiger partial charge in [-0.05, 0) is 36.4 Å². The van der Waals surface area contributed by atoms with Gasteiger partial charge >= 0.3 is 21.2 Å². The van der Waals surface area contributed by atoms with Crippen LogP contribution in [0.5, 0.6) is 5.75 Å². The fourth-order valence-electron chi connectivity index (χ4n) is 1.68. The lowest BCUT2D eigenvalue weighted by molar-refractivity contribution is -0.597. The third-order valence-corrected chi connectivity index (χ3v) is 5.71. The minimum Gasteiger partial charge on any atom is -0.716 e. The minimum absolute atomic E-state index is 0.0287. The summed E-state index contributed by atoms with van der Waals surface area (Å²) in [5.74, 6) is 0.0301. The summed E-state index contributed by atoms with van der Waals surface area (Å²) in [6.07, 6.45) is 0. The smallest absolute Gasteiger partial charge is 0.357 e. The Kier molecular flexibility index (Phi) is 7.23. The van der Waals surface area contributed by atoms with Crippen LogP contribution in [0.2, 0.25) is 0 Å². The second-order valence-electron chi connectivity index (χ2n) is 4.49. The van der Waals surface area contributed by atoms with Gasteiger partial charge in [0.2, 0.25) is 0 Å². The van der Waals surface area contributed by atoms with E-state index < -0.39 is 10.4 Å². The predicted octanol–water partition coefficient (Wildman–Crippen LogP) is 0.341. The maximum atomic E-state index is 10.0. The Balaban J connectivity index is 0.000000177. The molecule has 0 aliphatic carbocycles. The molecule has 0 unspecified atom stereocenters. The number of halogens is 1. The van der Waals surface area contributed by atoms with Gasteiger partial charge in [-0.25, -0.2) is 8.42 Å². The summed E-state index contributed by atoms with van der Waals surface area (Å²) in [7, 11) is -4.63. The molecule has 24 heavy (non-hydrogen) atoms. The summed E-state index contributed by atoms with van der Waals surface area (Å²) in [4.78, 5) is 0. The first-order chi connectivity index (χ1) is 11.5. The fraction of sp³-hybridized carbons (Fsp3) is 0. The zero-order valence-corrected chi connectivity index (χ0v) is 15.6. The zero-order chi connectivity index (χ0) is 17.3. The van der Waals surface area contributed by atoms with Crippen molar-refractivity contribution in [3.63, 3.8) is 0 Å². The average Bonchev–Trinajstić information content (AvgIpc) is 2.57. The first-order valence-corrected chi connectivity index (χ1v) is 10.5. The third-order valence-electron chi connectivity index (χ3n) is 2.63. The molecule has 0 aromatic heterocycles. The number of para-hydroxylation sites is 1. The molecule has 0 aliphatic rings. The Bertz CT molecular complexity index is 785. The van der Waals surface area contributed by atoms with Crippen LogP contribution in [0.4, 0.5) is 0 Å². The molecule has 0 atom stereocenters. The maximum absolute atomic E-state index is 10.0. The van der Waals surface area contributed by atoms with Gasteiger partial charge in [-0.1, -0.05) is 54.6 Å². The van der Waals surface area contributed by atoms with Crippen molar-refractivity contribution in [2.24, 2.45) is 0 Å². The van der Waals surface area contributed by atoms with Crippen LogP contribution in [0.15, 0.2) is 91.0 Å². The van der Waals surface area contributed by atoms with E-state index >= 15 is 0 Å². The van der Waals surface area contributed by atoms with Crippen molar-refractivity contribution in [2.75, 3.05) is 0 Å². The van der Waals surface area contributed by atoms with Gasteiger partial charge in [-0.2, -0.15) is 0 Å². The standard InChI is InChI=1S/C12H10I.C6H6O4S/c1-3-7-11(8-4-1)13-12-9-5-2-6-10-12;7-11(8,9)10-6-4-2-1-3-5-6/h1-10H;1-5H,(H,7,8,9)/q+1;/p-1. The molecule has 0 radical (unpaired) electrons. The third kappa shape index (κ3) is 7.58. The van der Waals surface area contributed by atoms with E-state index in [1.165, 1.54) is 19.3 Å². The lowest BCUT2D eigenvalue weighted by atomic mass is 10.3. The minimum atomic E-state index is -4.63. The van der Waals surface area contributed by atoms with Crippen LogP contribution in [-0.2, 0) is 10.4 Å². The molecule has 0 N–H and O–H groups in total. The van der Waals surface area contributed by atoms with Crippen LogP contribution in [0.1, 0.15) is 0 Å². The highest BCUT2D eigenvalue weighted by atomic mass is 127. The molecular weight excluding hydrogens is 439 g/mol. The molecule has 0 saturated carbocycles. The summed E-state index contributed by atoms with van der Waals surface area (Å²) < 4.78 is 37.0. The second kappa shape index (κ2) is 9.41. The second-order valence-corrected chi connectivity index (χ2v) is 8.50. The molecule has 3 rings (SSSR count). The Hall–Kier alpha value is -1.90. The van der Waals surface area contributed by atoms with Crippen molar-refractivity contribution in [3.05, 3.63) is 98.1 Å². The van der Waals surface area contributed by atoms with Crippen LogP contribution in [0, 0.1) is 7.14 Å². The topological polar surface area (TPSA) is 66.4 Å². The van der Waals surface area contributed by atoms with Crippen LogP contribution in [0.3, 0.4) is 0 Å². The van der Waals surface area contributed by atoms with Crippen LogP contribution < -0.4 is 25.4 Å². The van der Waals surface area contributed by atoms with Gasteiger partial charge in [0.25, 0.3) is 10.4 Å².